The summed E-state index contributed by atoms with van der Waals surface area (Å²) in [5.41, 5.74) is 0.986. The molecule has 2 rings (SSSR count). The van der Waals surface area contributed by atoms with Gasteiger partial charge in [0.25, 0.3) is 5.69 Å². The fourth-order valence-electron chi connectivity index (χ4n) is 4.24. The van der Waals surface area contributed by atoms with Crippen LogP contribution in [0.25, 0.3) is 11.1 Å². The topological polar surface area (TPSA) is 92.9 Å². The second kappa shape index (κ2) is 14.2. The maximum absolute atomic E-state index is 11.7. The third kappa shape index (κ3) is 7.75. The van der Waals surface area contributed by atoms with Crippen molar-refractivity contribution in [3.63, 3.8) is 0 Å². The molecule has 0 amide bonds. The highest BCUT2D eigenvalue weighted by molar-refractivity contribution is 6.00. The monoisotopic (exact) mass is 470 g/mol. The zero-order chi connectivity index (χ0) is 24.9. The Morgan fingerprint density at radius 3 is 2.18 bits per heavy atom. The van der Waals surface area contributed by atoms with Gasteiger partial charge in [-0.1, -0.05) is 70.8 Å². The number of carbonyl (C=O) groups is 1. The van der Waals surface area contributed by atoms with Gasteiger partial charge in [0.1, 0.15) is 5.75 Å². The number of anilines is 1. The average molecular weight is 471 g/mol. The lowest BCUT2D eigenvalue weighted by Gasteiger charge is -2.21. The van der Waals surface area contributed by atoms with Gasteiger partial charge in [-0.15, -0.1) is 0 Å². The Hall–Kier alpha value is -3.09. The highest BCUT2D eigenvalue weighted by Crippen LogP contribution is 2.40. The molecule has 34 heavy (non-hydrogen) atoms. The minimum absolute atomic E-state index is 0.0562. The van der Waals surface area contributed by atoms with Crippen LogP contribution in [0, 0.1) is 10.1 Å². The molecule has 0 radical (unpaired) electrons. The molecule has 1 N–H and O–H groups in total. The van der Waals surface area contributed by atoms with Crippen LogP contribution in [0.15, 0.2) is 36.4 Å². The third-order valence-electron chi connectivity index (χ3n) is 6.21. The quantitative estimate of drug-likeness (QED) is 0.157. The van der Waals surface area contributed by atoms with Crippen molar-refractivity contribution in [2.45, 2.75) is 71.1 Å². The maximum Gasteiger partial charge on any atom is 0.336 e. The Kier molecular flexibility index (Phi) is 11.4. The zero-order valence-corrected chi connectivity index (χ0v) is 20.7. The van der Waals surface area contributed by atoms with E-state index in [0.717, 1.165) is 18.7 Å². The molecule has 0 aliphatic heterocycles. The van der Waals surface area contributed by atoms with Crippen LogP contribution in [0.5, 0.6) is 5.75 Å². The largest absolute Gasteiger partial charge is 0.496 e. The van der Waals surface area contributed by atoms with Crippen molar-refractivity contribution in [2.24, 2.45) is 0 Å². The molecule has 0 saturated carbocycles. The number of rotatable bonds is 16. The number of nitro groups is 1. The summed E-state index contributed by atoms with van der Waals surface area (Å²) in [5.74, 6) is -0.813. The molecule has 0 heterocycles. The molecule has 0 spiro atoms. The van der Waals surface area contributed by atoms with E-state index in [1.165, 1.54) is 83.1 Å². The molecule has 0 fully saturated rings. The predicted molar refractivity (Wildman–Crippen MR) is 137 cm³/mol. The minimum atomic E-state index is -1.22. The molecular weight excluding hydrogens is 432 g/mol. The van der Waals surface area contributed by atoms with Crippen LogP contribution in [-0.2, 0) is 0 Å². The Bertz CT molecular complexity index is 912. The number of methoxy groups -OCH3 is 1. The first-order valence-corrected chi connectivity index (χ1v) is 12.3. The van der Waals surface area contributed by atoms with Gasteiger partial charge in [-0.05, 0) is 24.6 Å². The normalized spacial score (nSPS) is 10.8. The van der Waals surface area contributed by atoms with Gasteiger partial charge in [0.2, 0.25) is 0 Å². The molecule has 186 valence electrons. The molecule has 0 atom stereocenters. The minimum Gasteiger partial charge on any atom is -0.496 e. The van der Waals surface area contributed by atoms with Crippen molar-refractivity contribution in [3.05, 3.63) is 52.1 Å². The highest BCUT2D eigenvalue weighted by Gasteiger charge is 2.25. The van der Waals surface area contributed by atoms with Crippen LogP contribution in [0.4, 0.5) is 11.4 Å². The van der Waals surface area contributed by atoms with Gasteiger partial charge in [0.15, 0.2) is 0 Å². The lowest BCUT2D eigenvalue weighted by molar-refractivity contribution is -0.384. The van der Waals surface area contributed by atoms with Crippen molar-refractivity contribution >= 4 is 17.3 Å². The van der Waals surface area contributed by atoms with Gasteiger partial charge in [-0.3, -0.25) is 10.1 Å². The van der Waals surface area contributed by atoms with Crippen molar-refractivity contribution in [3.8, 4) is 16.9 Å². The van der Waals surface area contributed by atoms with E-state index < -0.39 is 10.9 Å². The molecule has 0 aromatic heterocycles. The van der Waals surface area contributed by atoms with E-state index in [9.17, 15) is 20.0 Å². The van der Waals surface area contributed by atoms with Gasteiger partial charge in [-0.25, -0.2) is 4.79 Å². The van der Waals surface area contributed by atoms with Gasteiger partial charge in [0, 0.05) is 37.0 Å². The highest BCUT2D eigenvalue weighted by atomic mass is 16.6. The van der Waals surface area contributed by atoms with E-state index in [1.807, 2.05) is 19.2 Å². The Balaban J connectivity index is 2.01. The van der Waals surface area contributed by atoms with E-state index >= 15 is 0 Å². The number of carboxylic acid groups (broad SMARTS) is 1. The van der Waals surface area contributed by atoms with Crippen LogP contribution >= 0.6 is 0 Å². The summed E-state index contributed by atoms with van der Waals surface area (Å²) in [5, 5.41) is 21.2. The van der Waals surface area contributed by atoms with Crippen LogP contribution in [0.3, 0.4) is 0 Å². The summed E-state index contributed by atoms with van der Waals surface area (Å²) >= 11 is 0. The molecule has 0 aliphatic carbocycles. The number of carboxylic acids is 1. The van der Waals surface area contributed by atoms with Gasteiger partial charge in [-0.2, -0.15) is 0 Å². The fourth-order valence-corrected chi connectivity index (χ4v) is 4.24. The van der Waals surface area contributed by atoms with Crippen molar-refractivity contribution in [1.29, 1.82) is 0 Å². The first-order valence-electron chi connectivity index (χ1n) is 12.3. The van der Waals surface area contributed by atoms with Gasteiger partial charge < -0.3 is 14.7 Å². The van der Waals surface area contributed by atoms with Crippen molar-refractivity contribution in [1.82, 2.24) is 0 Å². The molecule has 7 nitrogen and oxygen atoms in total. The van der Waals surface area contributed by atoms with Crippen LogP contribution in [0.1, 0.15) is 81.5 Å². The number of unbranched alkanes of at least 4 members (excludes halogenated alkanes) is 9. The third-order valence-corrected chi connectivity index (χ3v) is 6.21. The number of hydrogen-bond donors (Lipinski definition) is 1. The zero-order valence-electron chi connectivity index (χ0n) is 20.7. The van der Waals surface area contributed by atoms with Crippen LogP contribution < -0.4 is 9.64 Å². The predicted octanol–water partition coefficient (Wildman–Crippen LogP) is 7.33. The molecule has 0 aliphatic rings. The molecule has 7 heteroatoms. The molecule has 2 aromatic rings. The summed E-state index contributed by atoms with van der Waals surface area (Å²) in [6.07, 6.45) is 12.8. The first-order chi connectivity index (χ1) is 16.4. The lowest BCUT2D eigenvalue weighted by atomic mass is 9.96. The molecule has 2 aromatic carbocycles. The van der Waals surface area contributed by atoms with Crippen molar-refractivity contribution < 1.29 is 19.6 Å². The fraction of sp³-hybridized carbons (Fsp3) is 0.519. The summed E-state index contributed by atoms with van der Waals surface area (Å²) in [6, 6.07) is 9.44. The molecule has 0 unspecified atom stereocenters. The molecule has 0 saturated heterocycles. The van der Waals surface area contributed by atoms with E-state index in [2.05, 4.69) is 11.8 Å². The first kappa shape index (κ1) is 27.2. The second-order valence-electron chi connectivity index (χ2n) is 8.75. The summed E-state index contributed by atoms with van der Waals surface area (Å²) in [7, 11) is 3.50. The van der Waals surface area contributed by atoms with E-state index in [4.69, 9.17) is 4.74 Å². The number of aromatic carboxylic acids is 1. The number of benzene rings is 2. The SMILES string of the molecule is CCCCCCCCCCCCN(C)c1ccc(-c2c(C(=O)O)cccc2[N+](=O)[O-])c(OC)c1. The standard InChI is InChI=1S/C27H38N2O5/c1-4-5-6-7-8-9-10-11-12-13-19-28(2)21-17-18-22(25(20-21)34-3)26-23(27(30)31)15-14-16-24(26)29(32)33/h14-18,20H,4-13,19H2,1-3H3,(H,30,31). The van der Waals surface area contributed by atoms with Crippen molar-refractivity contribution in [2.75, 3.05) is 25.6 Å². The number of nitro benzene ring substituents is 1. The van der Waals surface area contributed by atoms with E-state index in [1.54, 1.807) is 6.07 Å². The number of ether oxygens (including phenoxy) is 1. The van der Waals surface area contributed by atoms with E-state index in [0.29, 0.717) is 11.3 Å². The Morgan fingerprint density at radius 1 is 1.00 bits per heavy atom. The van der Waals surface area contributed by atoms with Gasteiger partial charge in [0.05, 0.1) is 23.2 Å². The summed E-state index contributed by atoms with van der Waals surface area (Å²) in [6.45, 7) is 3.14. The summed E-state index contributed by atoms with van der Waals surface area (Å²) in [4.78, 5) is 24.9. The van der Waals surface area contributed by atoms with Gasteiger partial charge >= 0.3 is 5.97 Å². The van der Waals surface area contributed by atoms with E-state index in [-0.39, 0.29) is 16.8 Å². The average Bonchev–Trinajstić information content (AvgIpc) is 2.84. The van der Waals surface area contributed by atoms with Crippen LogP contribution in [0.2, 0.25) is 0 Å². The maximum atomic E-state index is 11.7. The number of hydrogen-bond acceptors (Lipinski definition) is 5. The number of nitrogens with zero attached hydrogens (tertiary/aromatic N) is 2. The Labute approximate surface area is 202 Å². The molecule has 0 bridgehead atoms. The lowest BCUT2D eigenvalue weighted by Crippen LogP contribution is -2.18. The van der Waals surface area contributed by atoms with Crippen LogP contribution in [-0.4, -0.2) is 36.7 Å². The Morgan fingerprint density at radius 2 is 1.62 bits per heavy atom. The molecular formula is C27H38N2O5. The summed E-state index contributed by atoms with van der Waals surface area (Å²) < 4.78 is 5.52. The second-order valence-corrected chi connectivity index (χ2v) is 8.75. The smallest absolute Gasteiger partial charge is 0.336 e.